The van der Waals surface area contributed by atoms with Gasteiger partial charge in [0, 0.05) is 55.4 Å². The van der Waals surface area contributed by atoms with Crippen LogP contribution in [0.4, 0.5) is 11.4 Å². The third-order valence-electron chi connectivity index (χ3n) is 5.42. The number of carbonyl (C=O) groups is 3. The van der Waals surface area contributed by atoms with E-state index in [1.165, 1.54) is 53.8 Å². The maximum Gasteiger partial charge on any atom is 0.339 e. The molecular weight excluding hydrogens is 466 g/mol. The van der Waals surface area contributed by atoms with Crippen LogP contribution in [0.3, 0.4) is 0 Å². The monoisotopic (exact) mass is 487 g/mol. The number of ketones is 1. The Bertz CT molecular complexity index is 1370. The van der Waals surface area contributed by atoms with Crippen LogP contribution in [0.2, 0.25) is 0 Å². The van der Waals surface area contributed by atoms with Gasteiger partial charge in [-0.15, -0.1) is 0 Å². The van der Waals surface area contributed by atoms with E-state index in [0.29, 0.717) is 11.1 Å². The first-order chi connectivity index (χ1) is 17.3. The van der Waals surface area contributed by atoms with Crippen molar-refractivity contribution in [2.24, 2.45) is 11.0 Å². The number of pyridine rings is 1. The number of Topliss-reactive ketones (excluding diaryl/α,β-unsaturated/α-hetero) is 1. The van der Waals surface area contributed by atoms with Gasteiger partial charge in [0.1, 0.15) is 17.7 Å². The molecule has 0 radical (unpaired) electrons. The fourth-order valence-corrected chi connectivity index (χ4v) is 3.88. The third kappa shape index (κ3) is 4.94. The number of rotatable bonds is 8. The van der Waals surface area contributed by atoms with E-state index in [-0.39, 0.29) is 22.6 Å². The topological polar surface area (TPSA) is 144 Å². The van der Waals surface area contributed by atoms with E-state index >= 15 is 0 Å². The van der Waals surface area contributed by atoms with Gasteiger partial charge in [-0.2, -0.15) is 5.10 Å². The predicted molar refractivity (Wildman–Crippen MR) is 130 cm³/mol. The summed E-state index contributed by atoms with van der Waals surface area (Å²) in [7, 11) is 3.15. The Morgan fingerprint density at radius 3 is 2.53 bits per heavy atom. The Balaban J connectivity index is 1.80. The Kier molecular flexibility index (Phi) is 6.81. The molecule has 11 nitrogen and oxygen atoms in total. The number of benzene rings is 2. The molecule has 0 unspecified atom stereocenters. The molecule has 182 valence electrons. The molecule has 0 bridgehead atoms. The summed E-state index contributed by atoms with van der Waals surface area (Å²) < 4.78 is 5.61. The van der Waals surface area contributed by atoms with Gasteiger partial charge >= 0.3 is 5.97 Å². The molecule has 1 amide bonds. The summed E-state index contributed by atoms with van der Waals surface area (Å²) in [4.78, 5) is 54.4. The van der Waals surface area contributed by atoms with Crippen LogP contribution in [0.25, 0.3) is 0 Å². The van der Waals surface area contributed by atoms with Crippen LogP contribution in [0.1, 0.15) is 32.4 Å². The second-order valence-corrected chi connectivity index (χ2v) is 8.08. The number of nitrogens with one attached hydrogen (secondary N) is 1. The summed E-state index contributed by atoms with van der Waals surface area (Å²) in [5, 5.41) is 19.4. The second kappa shape index (κ2) is 10.1. The molecule has 0 aliphatic carbocycles. The van der Waals surface area contributed by atoms with E-state index in [1.807, 2.05) is 0 Å². The first kappa shape index (κ1) is 24.2. The highest BCUT2D eigenvalue weighted by Crippen LogP contribution is 2.38. The number of cyclic esters (lactones) is 1. The summed E-state index contributed by atoms with van der Waals surface area (Å²) in [6.45, 7) is 0. The molecule has 1 N–H and O–H groups in total. The van der Waals surface area contributed by atoms with Gasteiger partial charge in [-0.3, -0.25) is 24.7 Å². The second-order valence-electron chi connectivity index (χ2n) is 8.08. The van der Waals surface area contributed by atoms with Crippen molar-refractivity contribution in [1.29, 1.82) is 0 Å². The van der Waals surface area contributed by atoms with E-state index in [1.54, 1.807) is 38.4 Å². The average molecular weight is 487 g/mol. The Hall–Kier alpha value is -4.93. The van der Waals surface area contributed by atoms with Crippen molar-refractivity contribution in [2.75, 3.05) is 19.4 Å². The number of fused-ring (bicyclic) bond motifs is 1. The maximum atomic E-state index is 13.8. The number of nitro groups is 1. The Morgan fingerprint density at radius 1 is 1.11 bits per heavy atom. The first-order valence-corrected chi connectivity index (χ1v) is 10.8. The molecule has 0 saturated carbocycles. The highest BCUT2D eigenvalue weighted by atomic mass is 16.6. The van der Waals surface area contributed by atoms with Crippen molar-refractivity contribution < 1.29 is 24.0 Å². The molecule has 0 spiro atoms. The number of hydrogen-bond donors (Lipinski definition) is 1. The zero-order valence-corrected chi connectivity index (χ0v) is 19.3. The highest BCUT2D eigenvalue weighted by molar-refractivity contribution is 6.47. The molecular formula is C25H21N5O6. The van der Waals surface area contributed by atoms with Crippen LogP contribution in [-0.4, -0.2) is 52.4 Å². The lowest BCUT2D eigenvalue weighted by atomic mass is 9.84. The molecule has 0 fully saturated rings. The van der Waals surface area contributed by atoms with E-state index in [9.17, 15) is 24.5 Å². The van der Waals surface area contributed by atoms with Crippen molar-refractivity contribution in [3.8, 4) is 0 Å². The zero-order valence-electron chi connectivity index (χ0n) is 19.3. The van der Waals surface area contributed by atoms with Gasteiger partial charge in [0.25, 0.3) is 11.6 Å². The van der Waals surface area contributed by atoms with E-state index < -0.39 is 34.6 Å². The number of esters is 1. The van der Waals surface area contributed by atoms with Crippen LogP contribution in [0.5, 0.6) is 0 Å². The molecule has 2 aromatic carbocycles. The number of anilines is 1. The van der Waals surface area contributed by atoms with E-state index in [2.05, 4.69) is 15.4 Å². The molecule has 2 heterocycles. The lowest BCUT2D eigenvalue weighted by Gasteiger charge is -2.24. The molecule has 36 heavy (non-hydrogen) atoms. The van der Waals surface area contributed by atoms with Crippen molar-refractivity contribution in [1.82, 2.24) is 9.99 Å². The molecule has 1 aromatic heterocycles. The van der Waals surface area contributed by atoms with Gasteiger partial charge in [0.15, 0.2) is 5.78 Å². The van der Waals surface area contributed by atoms with Crippen molar-refractivity contribution in [2.45, 2.75) is 6.10 Å². The summed E-state index contributed by atoms with van der Waals surface area (Å²) in [6, 6.07) is 15.0. The van der Waals surface area contributed by atoms with Crippen molar-refractivity contribution in [3.63, 3.8) is 0 Å². The number of hydrazone groups is 1. The van der Waals surface area contributed by atoms with Gasteiger partial charge < -0.3 is 15.1 Å². The lowest BCUT2D eigenvalue weighted by Crippen LogP contribution is -2.39. The van der Waals surface area contributed by atoms with E-state index in [4.69, 9.17) is 4.74 Å². The molecule has 11 heteroatoms. The predicted octanol–water partition coefficient (Wildman–Crippen LogP) is 3.26. The fraction of sp³-hybridized carbons (Fsp3) is 0.160. The van der Waals surface area contributed by atoms with Crippen molar-refractivity contribution in [3.05, 3.63) is 99.9 Å². The van der Waals surface area contributed by atoms with E-state index in [0.717, 1.165) is 0 Å². The number of ether oxygens (including phenoxy) is 1. The van der Waals surface area contributed by atoms with Crippen molar-refractivity contribution >= 4 is 34.7 Å². The minimum absolute atomic E-state index is 0.139. The number of aromatic nitrogens is 1. The quantitative estimate of drug-likeness (QED) is 0.168. The molecule has 0 saturated heterocycles. The van der Waals surface area contributed by atoms with Crippen LogP contribution in [0.15, 0.2) is 78.2 Å². The van der Waals surface area contributed by atoms with Crippen LogP contribution in [0, 0.1) is 16.0 Å². The Morgan fingerprint density at radius 2 is 1.83 bits per heavy atom. The highest BCUT2D eigenvalue weighted by Gasteiger charge is 2.45. The smallest absolute Gasteiger partial charge is 0.339 e. The van der Waals surface area contributed by atoms with Gasteiger partial charge in [-0.05, 0) is 24.3 Å². The SMILES string of the molecule is CN(C)/N=C(/C(=O)Nc1cccc([N+](=O)[O-])c1)[C@H](C(=O)c1ccncc1)[C@@H]1OC(=O)c2ccccc21. The van der Waals surface area contributed by atoms with Gasteiger partial charge in [0.2, 0.25) is 0 Å². The van der Waals surface area contributed by atoms with Gasteiger partial charge in [0.05, 0.1) is 10.5 Å². The number of amides is 1. The standard InChI is InChI=1S/C25H21N5O6/c1-29(2)28-21(24(32)27-16-6-5-7-17(14-16)30(34)35)20(22(31)15-10-12-26-13-11-15)23-18-8-3-4-9-19(18)25(33)36-23/h3-14,20,23H,1-2H3,(H,27,32)/b28-21+/t20-,23-/m1/s1. The van der Waals surface area contributed by atoms with Crippen LogP contribution >= 0.6 is 0 Å². The molecule has 1 aliphatic heterocycles. The summed E-state index contributed by atoms with van der Waals surface area (Å²) in [6.07, 6.45) is 1.75. The number of nitrogens with zero attached hydrogens (tertiary/aromatic N) is 4. The summed E-state index contributed by atoms with van der Waals surface area (Å²) in [5.74, 6) is -3.23. The normalized spacial score (nSPS) is 15.4. The summed E-state index contributed by atoms with van der Waals surface area (Å²) >= 11 is 0. The van der Waals surface area contributed by atoms with Crippen LogP contribution in [-0.2, 0) is 9.53 Å². The van der Waals surface area contributed by atoms with Gasteiger partial charge in [-0.25, -0.2) is 4.79 Å². The van der Waals surface area contributed by atoms with Crippen LogP contribution < -0.4 is 5.32 Å². The zero-order chi connectivity index (χ0) is 25.8. The van der Waals surface area contributed by atoms with Gasteiger partial charge in [-0.1, -0.05) is 24.3 Å². The Labute approximate surface area is 205 Å². The largest absolute Gasteiger partial charge is 0.453 e. The maximum absolute atomic E-state index is 13.8. The fourth-order valence-electron chi connectivity index (χ4n) is 3.88. The minimum Gasteiger partial charge on any atom is -0.453 e. The summed E-state index contributed by atoms with van der Waals surface area (Å²) in [5.41, 5.74) is 0.664. The average Bonchev–Trinajstić information content (AvgIpc) is 3.20. The first-order valence-electron chi connectivity index (χ1n) is 10.8. The molecule has 4 rings (SSSR count). The molecule has 2 atom stereocenters. The lowest BCUT2D eigenvalue weighted by molar-refractivity contribution is -0.384. The number of hydrogen-bond acceptors (Lipinski definition) is 9. The number of carbonyl (C=O) groups excluding carboxylic acids is 3. The molecule has 3 aromatic rings. The molecule has 1 aliphatic rings. The third-order valence-corrected chi connectivity index (χ3v) is 5.42. The minimum atomic E-state index is -1.32. The number of nitro benzene ring substituents is 1. The number of non-ortho nitro benzene ring substituents is 1.